The highest BCUT2D eigenvalue weighted by atomic mass is 79.9. The van der Waals surface area contributed by atoms with Crippen molar-refractivity contribution in [1.82, 2.24) is 0 Å². The summed E-state index contributed by atoms with van der Waals surface area (Å²) in [5.74, 6) is 0.515. The van der Waals surface area contributed by atoms with Crippen LogP contribution in [0, 0.1) is 5.92 Å². The van der Waals surface area contributed by atoms with Crippen molar-refractivity contribution >= 4 is 21.6 Å². The minimum Gasteiger partial charge on any atom is -0.378 e. The first-order valence-corrected chi connectivity index (χ1v) is 8.82. The van der Waals surface area contributed by atoms with Crippen LogP contribution < -0.4 is 5.32 Å². The molecule has 1 fully saturated rings. The monoisotopic (exact) mass is 357 g/mol. The Bertz CT molecular complexity index is 682. The molecule has 0 amide bonds. The zero-order valence-corrected chi connectivity index (χ0v) is 14.3. The van der Waals surface area contributed by atoms with Crippen molar-refractivity contribution in [2.75, 3.05) is 11.9 Å². The van der Waals surface area contributed by atoms with E-state index in [2.05, 4.69) is 70.6 Å². The second kappa shape index (κ2) is 5.71. The third-order valence-corrected chi connectivity index (χ3v) is 5.47. The number of anilines is 1. The Morgan fingerprint density at radius 2 is 2.00 bits per heavy atom. The number of fused-ring (bicyclic) bond motifs is 3. The van der Waals surface area contributed by atoms with Gasteiger partial charge in [-0.1, -0.05) is 47.1 Å². The van der Waals surface area contributed by atoms with Gasteiger partial charge >= 0.3 is 0 Å². The smallest absolute Gasteiger partial charge is 0.0896 e. The van der Waals surface area contributed by atoms with Crippen molar-refractivity contribution in [1.29, 1.82) is 0 Å². The molecule has 0 saturated carbocycles. The van der Waals surface area contributed by atoms with E-state index in [-0.39, 0.29) is 6.10 Å². The first-order chi connectivity index (χ1) is 10.8. The summed E-state index contributed by atoms with van der Waals surface area (Å²) in [5.41, 5.74) is 5.30. The van der Waals surface area contributed by atoms with Gasteiger partial charge in [-0.3, -0.25) is 0 Å². The lowest BCUT2D eigenvalue weighted by molar-refractivity contribution is 0.0829. The van der Waals surface area contributed by atoms with Gasteiger partial charge in [-0.25, -0.2) is 0 Å². The number of nitrogens with one attached hydrogen (secondary N) is 1. The Labute approximate surface area is 140 Å². The number of ether oxygens (including phenoxy) is 1. The standard InChI is InChI=1S/C19H20BrNO/c1-2-12-3-8-17-16(11-12)19-15(9-10-22-19)18(21-17)13-4-6-14(20)7-5-13/h3-8,11,15,18-19,21H,2,9-10H2,1H3. The predicted molar refractivity (Wildman–Crippen MR) is 93.1 cm³/mol. The number of rotatable bonds is 2. The summed E-state index contributed by atoms with van der Waals surface area (Å²) in [6.45, 7) is 3.06. The minimum atomic E-state index is 0.233. The maximum atomic E-state index is 6.11. The van der Waals surface area contributed by atoms with E-state index in [9.17, 15) is 0 Å². The molecule has 2 aliphatic rings. The fourth-order valence-corrected chi connectivity index (χ4v) is 4.01. The van der Waals surface area contributed by atoms with Crippen molar-refractivity contribution in [3.63, 3.8) is 0 Å². The van der Waals surface area contributed by atoms with Crippen molar-refractivity contribution in [2.24, 2.45) is 5.92 Å². The second-order valence-corrected chi connectivity index (χ2v) is 7.11. The van der Waals surface area contributed by atoms with E-state index in [0.717, 1.165) is 23.9 Å². The van der Waals surface area contributed by atoms with Gasteiger partial charge in [-0.05, 0) is 42.2 Å². The van der Waals surface area contributed by atoms with Gasteiger partial charge in [0.1, 0.15) is 0 Å². The molecule has 4 rings (SSSR count). The van der Waals surface area contributed by atoms with Gasteiger partial charge in [0.05, 0.1) is 12.1 Å². The number of hydrogen-bond donors (Lipinski definition) is 1. The highest BCUT2D eigenvalue weighted by Crippen LogP contribution is 2.50. The summed E-state index contributed by atoms with van der Waals surface area (Å²) in [6.07, 6.45) is 2.42. The van der Waals surface area contributed by atoms with Crippen molar-refractivity contribution in [3.8, 4) is 0 Å². The third kappa shape index (κ3) is 2.37. The van der Waals surface area contributed by atoms with Crippen LogP contribution in [0.15, 0.2) is 46.9 Å². The molecular formula is C19H20BrNO. The van der Waals surface area contributed by atoms with Gasteiger partial charge in [0.25, 0.3) is 0 Å². The van der Waals surface area contributed by atoms with Crippen LogP contribution in [-0.4, -0.2) is 6.61 Å². The largest absolute Gasteiger partial charge is 0.378 e. The molecule has 2 aliphatic heterocycles. The molecule has 114 valence electrons. The zero-order chi connectivity index (χ0) is 15.1. The molecule has 2 heterocycles. The summed E-state index contributed by atoms with van der Waals surface area (Å²) in [5, 5.41) is 3.76. The first-order valence-electron chi connectivity index (χ1n) is 8.02. The third-order valence-electron chi connectivity index (χ3n) is 4.94. The molecule has 1 N–H and O–H groups in total. The Morgan fingerprint density at radius 3 is 2.77 bits per heavy atom. The second-order valence-electron chi connectivity index (χ2n) is 6.19. The molecular weight excluding hydrogens is 338 g/mol. The summed E-state index contributed by atoms with van der Waals surface area (Å²) in [6, 6.07) is 15.8. The number of aryl methyl sites for hydroxylation is 1. The number of benzene rings is 2. The van der Waals surface area contributed by atoms with Gasteiger partial charge in [0.2, 0.25) is 0 Å². The molecule has 0 bridgehead atoms. The molecule has 2 aromatic carbocycles. The molecule has 22 heavy (non-hydrogen) atoms. The first kappa shape index (κ1) is 14.3. The molecule has 2 aromatic rings. The molecule has 0 spiro atoms. The van der Waals surface area contributed by atoms with Gasteiger partial charge in [-0.15, -0.1) is 0 Å². The fourth-order valence-electron chi connectivity index (χ4n) is 3.74. The van der Waals surface area contributed by atoms with Crippen LogP contribution in [0.2, 0.25) is 0 Å². The molecule has 0 radical (unpaired) electrons. The summed E-state index contributed by atoms with van der Waals surface area (Å²) in [7, 11) is 0. The van der Waals surface area contributed by atoms with Crippen molar-refractivity contribution in [3.05, 3.63) is 63.6 Å². The van der Waals surface area contributed by atoms with Crippen molar-refractivity contribution in [2.45, 2.75) is 31.9 Å². The van der Waals surface area contributed by atoms with Crippen LogP contribution in [0.25, 0.3) is 0 Å². The van der Waals surface area contributed by atoms with Crippen LogP contribution in [0.3, 0.4) is 0 Å². The maximum absolute atomic E-state index is 6.11. The van der Waals surface area contributed by atoms with E-state index in [1.807, 2.05) is 0 Å². The lowest BCUT2D eigenvalue weighted by atomic mass is 9.80. The average Bonchev–Trinajstić information content (AvgIpc) is 3.04. The predicted octanol–water partition coefficient (Wildman–Crippen LogP) is 5.26. The topological polar surface area (TPSA) is 21.3 Å². The van der Waals surface area contributed by atoms with E-state index in [4.69, 9.17) is 4.74 Å². The summed E-state index contributed by atoms with van der Waals surface area (Å²) < 4.78 is 7.23. The molecule has 3 heteroatoms. The van der Waals surface area contributed by atoms with Crippen LogP contribution in [-0.2, 0) is 11.2 Å². The maximum Gasteiger partial charge on any atom is 0.0896 e. The van der Waals surface area contributed by atoms with E-state index in [1.165, 1.54) is 22.4 Å². The number of hydrogen-bond acceptors (Lipinski definition) is 2. The summed E-state index contributed by atoms with van der Waals surface area (Å²) >= 11 is 3.52. The van der Waals surface area contributed by atoms with E-state index < -0.39 is 0 Å². The molecule has 1 saturated heterocycles. The van der Waals surface area contributed by atoms with Crippen molar-refractivity contribution < 1.29 is 4.74 Å². The Hall–Kier alpha value is -1.32. The SMILES string of the molecule is CCc1ccc2c(c1)C1OCCC1C(c1ccc(Br)cc1)N2. The van der Waals surface area contributed by atoms with Gasteiger partial charge in [-0.2, -0.15) is 0 Å². The van der Waals surface area contributed by atoms with E-state index in [0.29, 0.717) is 12.0 Å². The number of halogens is 1. The van der Waals surface area contributed by atoms with E-state index >= 15 is 0 Å². The van der Waals surface area contributed by atoms with Crippen LogP contribution >= 0.6 is 15.9 Å². The molecule has 2 nitrogen and oxygen atoms in total. The van der Waals surface area contributed by atoms with Crippen LogP contribution in [0.1, 0.15) is 42.2 Å². The van der Waals surface area contributed by atoms with Crippen LogP contribution in [0.5, 0.6) is 0 Å². The minimum absolute atomic E-state index is 0.233. The molecule has 3 unspecified atom stereocenters. The normalized spacial score (nSPS) is 26.2. The molecule has 0 aliphatic carbocycles. The quantitative estimate of drug-likeness (QED) is 0.791. The molecule has 3 atom stereocenters. The summed E-state index contributed by atoms with van der Waals surface area (Å²) in [4.78, 5) is 0. The van der Waals surface area contributed by atoms with Gasteiger partial charge in [0, 0.05) is 28.2 Å². The Balaban J connectivity index is 1.75. The van der Waals surface area contributed by atoms with Crippen LogP contribution in [0.4, 0.5) is 5.69 Å². The van der Waals surface area contributed by atoms with Gasteiger partial charge in [0.15, 0.2) is 0 Å². The average molecular weight is 358 g/mol. The Morgan fingerprint density at radius 1 is 1.18 bits per heavy atom. The van der Waals surface area contributed by atoms with E-state index in [1.54, 1.807) is 0 Å². The lowest BCUT2D eigenvalue weighted by Gasteiger charge is -2.36. The Kier molecular flexibility index (Phi) is 3.71. The van der Waals surface area contributed by atoms with Gasteiger partial charge < -0.3 is 10.1 Å². The zero-order valence-electron chi connectivity index (χ0n) is 12.7. The molecule has 0 aromatic heterocycles. The lowest BCUT2D eigenvalue weighted by Crippen LogP contribution is -2.29. The highest BCUT2D eigenvalue weighted by Gasteiger charge is 2.41. The highest BCUT2D eigenvalue weighted by molar-refractivity contribution is 9.10. The fraction of sp³-hybridized carbons (Fsp3) is 0.368.